The number of aryl methyl sites for hydroxylation is 1. The summed E-state index contributed by atoms with van der Waals surface area (Å²) in [6, 6.07) is 11.5. The number of benzene rings is 2. The normalized spacial score (nSPS) is 21.3. The molecule has 9 heteroatoms. The third-order valence-electron chi connectivity index (χ3n) is 8.39. The molecule has 0 saturated carbocycles. The van der Waals surface area contributed by atoms with Crippen molar-refractivity contribution in [3.8, 4) is 17.6 Å². The Morgan fingerprint density at radius 3 is 2.56 bits per heavy atom. The molecule has 45 heavy (non-hydrogen) atoms. The van der Waals surface area contributed by atoms with Crippen molar-refractivity contribution in [2.45, 2.75) is 84.2 Å². The van der Waals surface area contributed by atoms with Crippen LogP contribution in [0.25, 0.3) is 11.0 Å². The fourth-order valence-corrected chi connectivity index (χ4v) is 6.08. The lowest BCUT2D eigenvalue weighted by Gasteiger charge is -2.44. The van der Waals surface area contributed by atoms with Crippen LogP contribution in [0.3, 0.4) is 0 Å². The van der Waals surface area contributed by atoms with Crippen LogP contribution < -0.4 is 10.4 Å². The van der Waals surface area contributed by atoms with E-state index < -0.39 is 42.0 Å². The second kappa shape index (κ2) is 13.3. The number of fused-ring (bicyclic) bond motifs is 6. The lowest BCUT2D eigenvalue weighted by Crippen LogP contribution is -2.54. The number of carbonyl (C=O) groups is 2. The second-order valence-electron chi connectivity index (χ2n) is 11.9. The maximum atomic E-state index is 13.9. The number of allylic oxidation sites excluding steroid dienone is 1. The van der Waals surface area contributed by atoms with Gasteiger partial charge in [-0.1, -0.05) is 41.7 Å². The number of hydrogen-bond donors (Lipinski definition) is 1. The third-order valence-corrected chi connectivity index (χ3v) is 8.39. The number of rotatable bonds is 5. The molecule has 2 aliphatic heterocycles. The van der Waals surface area contributed by atoms with Crippen molar-refractivity contribution in [2.75, 3.05) is 13.7 Å². The van der Waals surface area contributed by atoms with Gasteiger partial charge < -0.3 is 28.5 Å². The van der Waals surface area contributed by atoms with Crippen molar-refractivity contribution in [1.82, 2.24) is 0 Å². The number of ether oxygens (including phenoxy) is 4. The van der Waals surface area contributed by atoms with Crippen molar-refractivity contribution in [2.24, 2.45) is 0 Å². The first-order valence-corrected chi connectivity index (χ1v) is 15.0. The fraction of sp³-hybridized carbons (Fsp3) is 0.417. The Morgan fingerprint density at radius 2 is 1.84 bits per heavy atom. The van der Waals surface area contributed by atoms with Gasteiger partial charge >= 0.3 is 17.6 Å². The summed E-state index contributed by atoms with van der Waals surface area (Å²) in [7, 11) is 1.52. The first-order chi connectivity index (χ1) is 21.6. The number of methoxy groups -OCH3 is 1. The molecule has 2 bridgehead atoms. The van der Waals surface area contributed by atoms with E-state index >= 15 is 0 Å². The van der Waals surface area contributed by atoms with Crippen molar-refractivity contribution in [1.29, 1.82) is 0 Å². The number of esters is 2. The Kier molecular flexibility index (Phi) is 9.47. The maximum Gasteiger partial charge on any atom is 0.339 e. The van der Waals surface area contributed by atoms with Crippen molar-refractivity contribution >= 4 is 22.9 Å². The van der Waals surface area contributed by atoms with E-state index in [4.69, 9.17) is 23.4 Å². The van der Waals surface area contributed by atoms with Crippen LogP contribution >= 0.6 is 0 Å². The van der Waals surface area contributed by atoms with E-state index in [1.807, 2.05) is 32.0 Å². The molecule has 0 aliphatic carbocycles. The van der Waals surface area contributed by atoms with Crippen LogP contribution in [0.1, 0.15) is 74.5 Å². The summed E-state index contributed by atoms with van der Waals surface area (Å²) >= 11 is 0. The highest BCUT2D eigenvalue weighted by atomic mass is 16.6. The van der Waals surface area contributed by atoms with E-state index in [9.17, 15) is 19.5 Å². The van der Waals surface area contributed by atoms with E-state index in [2.05, 4.69) is 17.9 Å². The molecule has 9 nitrogen and oxygen atoms in total. The molecule has 3 unspecified atom stereocenters. The van der Waals surface area contributed by atoms with Gasteiger partial charge in [-0.2, -0.15) is 0 Å². The summed E-state index contributed by atoms with van der Waals surface area (Å²) in [5, 5.41) is 10.8. The molecule has 3 aromatic rings. The Hall–Kier alpha value is -4.39. The van der Waals surface area contributed by atoms with Crippen molar-refractivity contribution in [3.05, 3.63) is 85.8 Å². The Balaban J connectivity index is 1.71. The molecule has 0 spiro atoms. The summed E-state index contributed by atoms with van der Waals surface area (Å²) in [5.41, 5.74) is 2.54. The van der Waals surface area contributed by atoms with Gasteiger partial charge in [-0.25, -0.2) is 9.59 Å². The van der Waals surface area contributed by atoms with Gasteiger partial charge in [0.25, 0.3) is 0 Å². The lowest BCUT2D eigenvalue weighted by molar-refractivity contribution is -0.188. The predicted octanol–water partition coefficient (Wildman–Crippen LogP) is 5.06. The Bertz CT molecular complexity index is 1780. The predicted molar refractivity (Wildman–Crippen MR) is 167 cm³/mol. The van der Waals surface area contributed by atoms with Gasteiger partial charge in [-0.05, 0) is 62.4 Å². The highest BCUT2D eigenvalue weighted by molar-refractivity contribution is 5.90. The van der Waals surface area contributed by atoms with Crippen LogP contribution in [0.4, 0.5) is 0 Å². The fourth-order valence-electron chi connectivity index (χ4n) is 6.08. The van der Waals surface area contributed by atoms with Gasteiger partial charge in [0.1, 0.15) is 11.3 Å². The molecule has 2 aromatic carbocycles. The van der Waals surface area contributed by atoms with Gasteiger partial charge in [-0.15, -0.1) is 0 Å². The molecule has 3 heterocycles. The standard InChI is InChI=1S/C36H38O9/c1-21(2)25-13-12-24-11-8-10-23(19-24)9-6-7-17-36(4)33(44-34(25)39)32(42-22(3)38)30-29(45-36)15-14-26-28(20-37)27(16-18-41-5)35(40)43-31(26)30/h8,10-11,14-15,19,32-33,37H,9,12-13,16-18,20H2,1-5H3. The Morgan fingerprint density at radius 1 is 1.07 bits per heavy atom. The third kappa shape index (κ3) is 6.53. The molecule has 0 saturated heterocycles. The molecule has 0 radical (unpaired) electrons. The van der Waals surface area contributed by atoms with E-state index in [1.54, 1.807) is 19.1 Å². The number of hydrogen-bond acceptors (Lipinski definition) is 9. The zero-order valence-corrected chi connectivity index (χ0v) is 26.3. The number of carbonyl (C=O) groups excluding carboxylic acids is 2. The van der Waals surface area contributed by atoms with Crippen molar-refractivity contribution < 1.29 is 38.1 Å². The van der Waals surface area contributed by atoms with E-state index in [0.717, 1.165) is 16.7 Å². The summed E-state index contributed by atoms with van der Waals surface area (Å²) in [6.07, 6.45) is -0.395. The minimum atomic E-state index is -1.25. The first-order valence-electron chi connectivity index (χ1n) is 15.0. The quantitative estimate of drug-likeness (QED) is 0.182. The molecule has 0 amide bonds. The van der Waals surface area contributed by atoms with E-state index in [-0.39, 0.29) is 36.2 Å². The summed E-state index contributed by atoms with van der Waals surface area (Å²) < 4.78 is 29.8. The smallest absolute Gasteiger partial charge is 0.339 e. The van der Waals surface area contributed by atoms with Crippen LogP contribution in [0.5, 0.6) is 5.75 Å². The zero-order chi connectivity index (χ0) is 32.3. The topological polar surface area (TPSA) is 122 Å². The average molecular weight is 615 g/mol. The van der Waals surface area contributed by atoms with Crippen LogP contribution in [0.15, 0.2) is 56.8 Å². The lowest BCUT2D eigenvalue weighted by atomic mass is 9.83. The summed E-state index contributed by atoms with van der Waals surface area (Å²) in [6.45, 7) is 6.56. The monoisotopic (exact) mass is 614 g/mol. The molecule has 5 rings (SSSR count). The molecular weight excluding hydrogens is 576 g/mol. The molecule has 0 fully saturated rings. The van der Waals surface area contributed by atoms with Crippen LogP contribution in [-0.4, -0.2) is 42.5 Å². The molecular formula is C36H38O9. The zero-order valence-electron chi connectivity index (χ0n) is 26.3. The average Bonchev–Trinajstić information content (AvgIpc) is 2.99. The van der Waals surface area contributed by atoms with Crippen molar-refractivity contribution in [3.63, 3.8) is 0 Å². The molecule has 1 N–H and O–H groups in total. The molecule has 2 aliphatic rings. The highest BCUT2D eigenvalue weighted by Crippen LogP contribution is 2.48. The number of aliphatic hydroxyl groups excluding tert-OH is 1. The minimum absolute atomic E-state index is 0.0819. The minimum Gasteiger partial charge on any atom is -0.482 e. The number of aliphatic hydroxyl groups is 1. The SMILES string of the molecule is COCCc1c(CO)c2ccc3c(c2oc1=O)C(OC(C)=O)C1OC(=O)C(=C(C)C)CCc2cccc(c2)CC#CCC1(C)O3. The van der Waals surface area contributed by atoms with Gasteiger partial charge in [0.2, 0.25) is 0 Å². The van der Waals surface area contributed by atoms with Gasteiger partial charge in [-0.3, -0.25) is 4.79 Å². The molecule has 3 atom stereocenters. The first kappa shape index (κ1) is 32.0. The van der Waals surface area contributed by atoms with Crippen LogP contribution in [0, 0.1) is 11.8 Å². The van der Waals surface area contributed by atoms with E-state index in [1.165, 1.54) is 14.0 Å². The van der Waals surface area contributed by atoms with Crippen LogP contribution in [-0.2, 0) is 49.7 Å². The Labute approximate surface area is 262 Å². The maximum absolute atomic E-state index is 13.9. The summed E-state index contributed by atoms with van der Waals surface area (Å²) in [5.74, 6) is 5.51. The van der Waals surface area contributed by atoms with Gasteiger partial charge in [0.15, 0.2) is 17.8 Å². The van der Waals surface area contributed by atoms with Gasteiger partial charge in [0, 0.05) is 43.4 Å². The summed E-state index contributed by atoms with van der Waals surface area (Å²) in [4.78, 5) is 39.8. The molecule has 236 valence electrons. The molecule has 1 aromatic heterocycles. The van der Waals surface area contributed by atoms with Crippen LogP contribution in [0.2, 0.25) is 0 Å². The second-order valence-corrected chi connectivity index (χ2v) is 11.9. The highest BCUT2D eigenvalue weighted by Gasteiger charge is 2.52. The van der Waals surface area contributed by atoms with Gasteiger partial charge in [0.05, 0.1) is 25.2 Å². The van der Waals surface area contributed by atoms with E-state index in [0.29, 0.717) is 41.5 Å². The largest absolute Gasteiger partial charge is 0.482 e.